The molecule has 0 spiro atoms. The Morgan fingerprint density at radius 3 is 2.58 bits per heavy atom. The Bertz CT molecular complexity index is 677. The van der Waals surface area contributed by atoms with Gasteiger partial charge >= 0.3 is 0 Å². The van der Waals surface area contributed by atoms with E-state index in [2.05, 4.69) is 22.0 Å². The van der Waals surface area contributed by atoms with Crippen LogP contribution in [0.25, 0.3) is 0 Å². The average Bonchev–Trinajstić information content (AvgIpc) is 3.35. The van der Waals surface area contributed by atoms with E-state index in [0.29, 0.717) is 5.92 Å². The minimum Gasteiger partial charge on any atom is -0.372 e. The number of piperidine rings is 1. The molecule has 2 aliphatic rings. The highest BCUT2D eigenvalue weighted by Crippen LogP contribution is 2.29. The fraction of sp³-hybridized carbons (Fsp3) is 0.474. The second-order valence-electron chi connectivity index (χ2n) is 6.70. The Morgan fingerprint density at radius 1 is 1.08 bits per heavy atom. The molecular weight excluding hydrogens is 318 g/mol. The summed E-state index contributed by atoms with van der Waals surface area (Å²) < 4.78 is 0. The molecular formula is C19H23N3OS. The van der Waals surface area contributed by atoms with Crippen LogP contribution in [0.3, 0.4) is 0 Å². The summed E-state index contributed by atoms with van der Waals surface area (Å²) in [6.45, 7) is 3.92. The standard InChI is InChI=1S/C19H23N3OS/c23-19(15-5-7-17(8-6-15)21-10-1-2-11-21)22-12-3-4-16(14-22)18-20-9-13-24-18/h5-9,13,16H,1-4,10-12,14H2/t16-/m0/s1. The van der Waals surface area contributed by atoms with Gasteiger partial charge in [0, 0.05) is 54.9 Å². The number of likely N-dealkylation sites (tertiary alicyclic amines) is 1. The molecule has 0 radical (unpaired) electrons. The zero-order valence-electron chi connectivity index (χ0n) is 13.9. The van der Waals surface area contributed by atoms with Crippen molar-refractivity contribution in [3.8, 4) is 0 Å². The highest BCUT2D eigenvalue weighted by molar-refractivity contribution is 7.09. The van der Waals surface area contributed by atoms with Gasteiger partial charge in [-0.05, 0) is 49.9 Å². The molecule has 1 aromatic heterocycles. The molecule has 24 heavy (non-hydrogen) atoms. The predicted molar refractivity (Wildman–Crippen MR) is 97.9 cm³/mol. The van der Waals surface area contributed by atoms with E-state index in [1.165, 1.54) is 18.5 Å². The SMILES string of the molecule is O=C(c1ccc(N2CCCC2)cc1)N1CCC[C@H](c2nccs2)C1. The minimum atomic E-state index is 0.157. The average molecular weight is 341 g/mol. The van der Waals surface area contributed by atoms with Gasteiger partial charge in [0.05, 0.1) is 5.01 Å². The van der Waals surface area contributed by atoms with Gasteiger partial charge in [0.2, 0.25) is 0 Å². The third-order valence-corrected chi connectivity index (χ3v) is 6.03. The van der Waals surface area contributed by atoms with Gasteiger partial charge in [-0.3, -0.25) is 4.79 Å². The summed E-state index contributed by atoms with van der Waals surface area (Å²) in [6, 6.07) is 8.17. The molecule has 126 valence electrons. The lowest BCUT2D eigenvalue weighted by Gasteiger charge is -2.32. The molecule has 1 atom stereocenters. The Hall–Kier alpha value is -1.88. The van der Waals surface area contributed by atoms with Crippen molar-refractivity contribution in [3.63, 3.8) is 0 Å². The first kappa shape index (κ1) is 15.6. The summed E-state index contributed by atoms with van der Waals surface area (Å²) in [4.78, 5) is 21.7. The summed E-state index contributed by atoms with van der Waals surface area (Å²) in [5, 5.41) is 3.18. The summed E-state index contributed by atoms with van der Waals surface area (Å²) in [6.07, 6.45) is 6.59. The fourth-order valence-electron chi connectivity index (χ4n) is 3.77. The van der Waals surface area contributed by atoms with Crippen molar-refractivity contribution in [2.24, 2.45) is 0 Å². The van der Waals surface area contributed by atoms with Gasteiger partial charge in [0.15, 0.2) is 0 Å². The quantitative estimate of drug-likeness (QED) is 0.853. The molecule has 2 fully saturated rings. The lowest BCUT2D eigenvalue weighted by molar-refractivity contribution is 0.0707. The van der Waals surface area contributed by atoms with Gasteiger partial charge in [-0.1, -0.05) is 0 Å². The number of hydrogen-bond acceptors (Lipinski definition) is 4. The Morgan fingerprint density at radius 2 is 1.88 bits per heavy atom. The molecule has 1 aromatic carbocycles. The molecule has 0 unspecified atom stereocenters. The van der Waals surface area contributed by atoms with Crippen molar-refractivity contribution in [2.45, 2.75) is 31.6 Å². The number of carbonyl (C=O) groups excluding carboxylic acids is 1. The molecule has 0 aliphatic carbocycles. The highest BCUT2D eigenvalue weighted by atomic mass is 32.1. The zero-order valence-corrected chi connectivity index (χ0v) is 14.7. The summed E-state index contributed by atoms with van der Waals surface area (Å²) >= 11 is 1.70. The molecule has 2 saturated heterocycles. The van der Waals surface area contributed by atoms with E-state index in [1.807, 2.05) is 28.6 Å². The number of rotatable bonds is 3. The molecule has 0 N–H and O–H groups in total. The first-order valence-electron chi connectivity index (χ1n) is 8.85. The molecule has 5 heteroatoms. The second-order valence-corrected chi connectivity index (χ2v) is 7.63. The molecule has 2 aliphatic heterocycles. The van der Waals surface area contributed by atoms with Gasteiger partial charge in [0.1, 0.15) is 0 Å². The van der Waals surface area contributed by atoms with E-state index in [1.54, 1.807) is 11.3 Å². The maximum Gasteiger partial charge on any atom is 0.253 e. The van der Waals surface area contributed by atoms with Crippen LogP contribution in [-0.2, 0) is 0 Å². The second kappa shape index (κ2) is 6.93. The molecule has 1 amide bonds. The lowest BCUT2D eigenvalue weighted by Crippen LogP contribution is -2.39. The van der Waals surface area contributed by atoms with Crippen molar-refractivity contribution >= 4 is 22.9 Å². The molecule has 3 heterocycles. The van der Waals surface area contributed by atoms with Gasteiger partial charge in [-0.25, -0.2) is 4.98 Å². The number of carbonyl (C=O) groups is 1. The van der Waals surface area contributed by atoms with Gasteiger partial charge < -0.3 is 9.80 Å². The normalized spacial score (nSPS) is 21.2. The maximum atomic E-state index is 12.8. The first-order valence-corrected chi connectivity index (χ1v) is 9.73. The Labute approximate surface area is 147 Å². The topological polar surface area (TPSA) is 36.4 Å². The van der Waals surface area contributed by atoms with E-state index in [0.717, 1.165) is 49.6 Å². The number of amides is 1. The van der Waals surface area contributed by atoms with Crippen molar-refractivity contribution < 1.29 is 4.79 Å². The number of benzene rings is 1. The van der Waals surface area contributed by atoms with E-state index in [9.17, 15) is 4.79 Å². The highest BCUT2D eigenvalue weighted by Gasteiger charge is 2.27. The van der Waals surface area contributed by atoms with Crippen LogP contribution < -0.4 is 4.90 Å². The molecule has 4 rings (SSSR count). The smallest absolute Gasteiger partial charge is 0.253 e. The number of thiazole rings is 1. The summed E-state index contributed by atoms with van der Waals surface area (Å²) in [7, 11) is 0. The number of hydrogen-bond donors (Lipinski definition) is 0. The van der Waals surface area contributed by atoms with Crippen LogP contribution in [0.15, 0.2) is 35.8 Å². The largest absolute Gasteiger partial charge is 0.372 e. The fourth-order valence-corrected chi connectivity index (χ4v) is 4.54. The monoisotopic (exact) mass is 341 g/mol. The van der Waals surface area contributed by atoms with Gasteiger partial charge in [0.25, 0.3) is 5.91 Å². The third-order valence-electron chi connectivity index (χ3n) is 5.09. The maximum absolute atomic E-state index is 12.8. The number of anilines is 1. The molecule has 0 bridgehead atoms. The van der Waals surface area contributed by atoms with Crippen LogP contribution in [0.2, 0.25) is 0 Å². The zero-order chi connectivity index (χ0) is 16.4. The minimum absolute atomic E-state index is 0.157. The van der Waals surface area contributed by atoms with Crippen molar-refractivity contribution in [1.82, 2.24) is 9.88 Å². The van der Waals surface area contributed by atoms with Crippen LogP contribution in [0.1, 0.15) is 47.0 Å². The first-order chi connectivity index (χ1) is 11.8. The molecule has 2 aromatic rings. The van der Waals surface area contributed by atoms with Crippen LogP contribution >= 0.6 is 11.3 Å². The summed E-state index contributed by atoms with van der Waals surface area (Å²) in [5.74, 6) is 0.552. The summed E-state index contributed by atoms with van der Waals surface area (Å²) in [5.41, 5.74) is 2.04. The van der Waals surface area contributed by atoms with Crippen LogP contribution in [0, 0.1) is 0 Å². The van der Waals surface area contributed by atoms with Crippen molar-refractivity contribution in [2.75, 3.05) is 31.1 Å². The number of aromatic nitrogens is 1. The van der Waals surface area contributed by atoms with E-state index in [4.69, 9.17) is 0 Å². The molecule has 0 saturated carbocycles. The van der Waals surface area contributed by atoms with Crippen molar-refractivity contribution in [3.05, 3.63) is 46.4 Å². The van der Waals surface area contributed by atoms with Crippen molar-refractivity contribution in [1.29, 1.82) is 0 Å². The Kier molecular flexibility index (Phi) is 4.52. The Balaban J connectivity index is 1.44. The van der Waals surface area contributed by atoms with Crippen LogP contribution in [0.5, 0.6) is 0 Å². The van der Waals surface area contributed by atoms with E-state index >= 15 is 0 Å². The predicted octanol–water partition coefficient (Wildman–Crippen LogP) is 3.76. The molecule has 4 nitrogen and oxygen atoms in total. The van der Waals surface area contributed by atoms with E-state index in [-0.39, 0.29) is 5.91 Å². The lowest BCUT2D eigenvalue weighted by atomic mass is 9.98. The van der Waals surface area contributed by atoms with Gasteiger partial charge in [-0.2, -0.15) is 0 Å². The van der Waals surface area contributed by atoms with Crippen LogP contribution in [0.4, 0.5) is 5.69 Å². The van der Waals surface area contributed by atoms with Gasteiger partial charge in [-0.15, -0.1) is 11.3 Å². The third kappa shape index (κ3) is 3.18. The van der Waals surface area contributed by atoms with E-state index < -0.39 is 0 Å². The van der Waals surface area contributed by atoms with Crippen LogP contribution in [-0.4, -0.2) is 42.0 Å². The number of nitrogens with zero attached hydrogens (tertiary/aromatic N) is 3.